The summed E-state index contributed by atoms with van der Waals surface area (Å²) in [6.07, 6.45) is 0. The molecule has 0 aliphatic rings. The fraction of sp³-hybridized carbons (Fsp3) is 0.0435. The molecule has 8 rings (SSSR count). The van der Waals surface area contributed by atoms with Crippen LogP contribution in [0.5, 0.6) is 0 Å². The topological polar surface area (TPSA) is 24.1 Å². The lowest BCUT2D eigenvalue weighted by molar-refractivity contribution is 1.39. The van der Waals surface area contributed by atoms with Crippen molar-refractivity contribution in [3.8, 4) is 33.4 Å². The number of benzene rings is 8. The van der Waals surface area contributed by atoms with Crippen LogP contribution in [-0.2, 0) is 0 Å². The number of anilines is 4. The zero-order chi connectivity index (χ0) is 32.5. The van der Waals surface area contributed by atoms with Gasteiger partial charge in [0.05, 0.1) is 5.69 Å². The van der Waals surface area contributed by atoms with E-state index in [1.165, 1.54) is 66.1 Å². The number of fused-ring (bicyclic) bond motifs is 2. The molecular formula is C46H36N2. The third kappa shape index (κ3) is 5.48. The SMILES string of the molecule is Cc1cc(Nc2ccccc2)ccc1-c1cc(-c2cccc3ccccc23)c(Nc2ccccc2)c(-c2cccc3ccccc23)c1C. The van der Waals surface area contributed by atoms with E-state index in [4.69, 9.17) is 0 Å². The van der Waals surface area contributed by atoms with Crippen molar-refractivity contribution in [2.45, 2.75) is 13.8 Å². The van der Waals surface area contributed by atoms with E-state index in [-0.39, 0.29) is 0 Å². The van der Waals surface area contributed by atoms with Crippen LogP contribution in [0.15, 0.2) is 170 Å². The van der Waals surface area contributed by atoms with Crippen LogP contribution in [0.3, 0.4) is 0 Å². The molecule has 2 heteroatoms. The van der Waals surface area contributed by atoms with Gasteiger partial charge in [0.1, 0.15) is 0 Å². The number of hydrogen-bond donors (Lipinski definition) is 2. The zero-order valence-electron chi connectivity index (χ0n) is 27.2. The molecule has 0 amide bonds. The van der Waals surface area contributed by atoms with Gasteiger partial charge in [0, 0.05) is 28.2 Å². The van der Waals surface area contributed by atoms with Gasteiger partial charge in [-0.15, -0.1) is 0 Å². The second-order valence-corrected chi connectivity index (χ2v) is 12.4. The molecule has 0 bridgehead atoms. The van der Waals surface area contributed by atoms with Crippen LogP contribution in [0.4, 0.5) is 22.7 Å². The lowest BCUT2D eigenvalue weighted by atomic mass is 9.83. The molecule has 230 valence electrons. The molecule has 2 nitrogen and oxygen atoms in total. The minimum Gasteiger partial charge on any atom is -0.356 e. The van der Waals surface area contributed by atoms with Crippen LogP contribution >= 0.6 is 0 Å². The van der Waals surface area contributed by atoms with Crippen LogP contribution in [0.25, 0.3) is 54.9 Å². The number of hydrogen-bond acceptors (Lipinski definition) is 2. The first-order valence-electron chi connectivity index (χ1n) is 16.5. The van der Waals surface area contributed by atoms with Crippen molar-refractivity contribution in [1.29, 1.82) is 0 Å². The molecule has 0 aromatic heterocycles. The Morgan fingerprint density at radius 3 is 1.54 bits per heavy atom. The van der Waals surface area contributed by atoms with Gasteiger partial charge in [0.2, 0.25) is 0 Å². The van der Waals surface area contributed by atoms with Crippen molar-refractivity contribution in [2.24, 2.45) is 0 Å². The summed E-state index contributed by atoms with van der Waals surface area (Å²) in [5.41, 5.74) is 14.0. The Hall–Kier alpha value is -6.12. The minimum absolute atomic E-state index is 1.06. The molecule has 0 radical (unpaired) electrons. The standard InChI is InChI=1S/C46H36N2/c1-31-29-37(47-35-19-5-3-6-20-35)27-28-38(31)43-30-44(41-25-13-17-33-15-9-11-23-39(33)41)46(48-36-21-7-4-8-22-36)45(32(43)2)42-26-14-18-34-16-10-12-24-40(34)42/h3-30,47-48H,1-2H3. The molecule has 2 N–H and O–H groups in total. The quantitative estimate of drug-likeness (QED) is 0.186. The molecule has 0 fully saturated rings. The van der Waals surface area contributed by atoms with Gasteiger partial charge in [0.15, 0.2) is 0 Å². The molecule has 8 aromatic carbocycles. The highest BCUT2D eigenvalue weighted by molar-refractivity contribution is 6.09. The van der Waals surface area contributed by atoms with Crippen LogP contribution < -0.4 is 10.6 Å². The smallest absolute Gasteiger partial charge is 0.0547 e. The average molecular weight is 617 g/mol. The van der Waals surface area contributed by atoms with E-state index in [2.05, 4.69) is 188 Å². The van der Waals surface area contributed by atoms with Crippen molar-refractivity contribution in [2.75, 3.05) is 10.6 Å². The summed E-state index contributed by atoms with van der Waals surface area (Å²) in [7, 11) is 0. The van der Waals surface area contributed by atoms with Gasteiger partial charge in [-0.25, -0.2) is 0 Å². The molecule has 0 saturated heterocycles. The highest BCUT2D eigenvalue weighted by atomic mass is 14.9. The summed E-state index contributed by atoms with van der Waals surface area (Å²) in [4.78, 5) is 0. The van der Waals surface area contributed by atoms with Gasteiger partial charge in [-0.2, -0.15) is 0 Å². The highest BCUT2D eigenvalue weighted by Crippen LogP contribution is 2.48. The summed E-state index contributed by atoms with van der Waals surface area (Å²) < 4.78 is 0. The molecule has 0 saturated carbocycles. The van der Waals surface area contributed by atoms with Crippen molar-refractivity contribution in [3.05, 3.63) is 181 Å². The lowest BCUT2D eigenvalue weighted by Crippen LogP contribution is -2.02. The van der Waals surface area contributed by atoms with Crippen LogP contribution in [0.1, 0.15) is 11.1 Å². The maximum absolute atomic E-state index is 3.93. The molecule has 0 aliphatic carbocycles. The van der Waals surface area contributed by atoms with E-state index in [1.54, 1.807) is 0 Å². The normalized spacial score (nSPS) is 11.1. The highest BCUT2D eigenvalue weighted by Gasteiger charge is 2.22. The molecule has 8 aromatic rings. The first-order valence-corrected chi connectivity index (χ1v) is 16.5. The largest absolute Gasteiger partial charge is 0.356 e. The molecule has 0 unspecified atom stereocenters. The Balaban J connectivity index is 1.43. The third-order valence-corrected chi connectivity index (χ3v) is 9.35. The summed E-state index contributed by atoms with van der Waals surface area (Å²) in [5.74, 6) is 0. The molecular weight excluding hydrogens is 581 g/mol. The van der Waals surface area contributed by atoms with Crippen molar-refractivity contribution < 1.29 is 0 Å². The Labute approximate surface area is 282 Å². The van der Waals surface area contributed by atoms with Gasteiger partial charge in [0.25, 0.3) is 0 Å². The Kier molecular flexibility index (Phi) is 7.68. The lowest BCUT2D eigenvalue weighted by Gasteiger charge is -2.25. The predicted octanol–water partition coefficient (Wildman–Crippen LogP) is 13.1. The zero-order valence-corrected chi connectivity index (χ0v) is 27.2. The second kappa shape index (κ2) is 12.6. The van der Waals surface area contributed by atoms with Gasteiger partial charge in [-0.05, 0) is 111 Å². The molecule has 0 aliphatic heterocycles. The van der Waals surface area contributed by atoms with Gasteiger partial charge >= 0.3 is 0 Å². The van der Waals surface area contributed by atoms with Gasteiger partial charge in [-0.3, -0.25) is 0 Å². The Morgan fingerprint density at radius 1 is 0.354 bits per heavy atom. The summed E-state index contributed by atoms with van der Waals surface area (Å²) in [5, 5.41) is 12.4. The van der Waals surface area contributed by atoms with Crippen LogP contribution in [0, 0.1) is 13.8 Å². The van der Waals surface area contributed by atoms with E-state index < -0.39 is 0 Å². The Bertz CT molecular complexity index is 2400. The average Bonchev–Trinajstić information content (AvgIpc) is 3.13. The number of rotatable bonds is 7. The van der Waals surface area contributed by atoms with Crippen LogP contribution in [-0.4, -0.2) is 0 Å². The van der Waals surface area contributed by atoms with E-state index >= 15 is 0 Å². The molecule has 0 spiro atoms. The fourth-order valence-corrected chi connectivity index (χ4v) is 7.04. The van der Waals surface area contributed by atoms with Gasteiger partial charge < -0.3 is 10.6 Å². The van der Waals surface area contributed by atoms with E-state index in [1.807, 2.05) is 6.07 Å². The van der Waals surface area contributed by atoms with Crippen molar-refractivity contribution in [3.63, 3.8) is 0 Å². The summed E-state index contributed by atoms with van der Waals surface area (Å²) in [6, 6.07) is 60.7. The number of nitrogens with one attached hydrogen (secondary N) is 2. The van der Waals surface area contributed by atoms with E-state index in [0.717, 1.165) is 22.7 Å². The molecule has 48 heavy (non-hydrogen) atoms. The van der Waals surface area contributed by atoms with E-state index in [9.17, 15) is 0 Å². The van der Waals surface area contributed by atoms with Crippen LogP contribution in [0.2, 0.25) is 0 Å². The maximum Gasteiger partial charge on any atom is 0.0547 e. The van der Waals surface area contributed by atoms with Gasteiger partial charge in [-0.1, -0.05) is 127 Å². The molecule has 0 atom stereocenters. The third-order valence-electron chi connectivity index (χ3n) is 9.35. The second-order valence-electron chi connectivity index (χ2n) is 12.4. The van der Waals surface area contributed by atoms with Crippen molar-refractivity contribution in [1.82, 2.24) is 0 Å². The first-order chi connectivity index (χ1) is 23.6. The fourth-order valence-electron chi connectivity index (χ4n) is 7.04. The predicted molar refractivity (Wildman–Crippen MR) is 207 cm³/mol. The minimum atomic E-state index is 1.06. The van der Waals surface area contributed by atoms with E-state index in [0.29, 0.717) is 0 Å². The summed E-state index contributed by atoms with van der Waals surface area (Å²) >= 11 is 0. The first kappa shape index (κ1) is 29.3. The monoisotopic (exact) mass is 616 g/mol. The molecule has 0 heterocycles. The Morgan fingerprint density at radius 2 is 0.896 bits per heavy atom. The summed E-state index contributed by atoms with van der Waals surface area (Å²) in [6.45, 7) is 4.50. The number of aryl methyl sites for hydroxylation is 1. The number of para-hydroxylation sites is 2. The van der Waals surface area contributed by atoms with Crippen molar-refractivity contribution >= 4 is 44.3 Å². The maximum atomic E-state index is 3.93.